The molecule has 404 valence electrons. The van der Waals surface area contributed by atoms with Crippen molar-refractivity contribution in [3.05, 3.63) is 272 Å². The molecular weight excluding hydrogens is 1030 g/mol. The topological polar surface area (TPSA) is 32.3 Å². The highest BCUT2D eigenvalue weighted by molar-refractivity contribution is 7.00. The minimum atomic E-state index is -0.138. The van der Waals surface area contributed by atoms with Crippen LogP contribution in [0.5, 0.6) is 0 Å². The largest absolute Gasteiger partial charge is 0.311 e. The van der Waals surface area contributed by atoms with Crippen molar-refractivity contribution >= 4 is 111 Å². The normalized spacial score (nSPS) is 13.0. The van der Waals surface area contributed by atoms with Gasteiger partial charge < -0.3 is 9.80 Å². The molecule has 3 heterocycles. The van der Waals surface area contributed by atoms with E-state index in [2.05, 4.69) is 312 Å². The summed E-state index contributed by atoms with van der Waals surface area (Å²) >= 11 is 0. The van der Waals surface area contributed by atoms with Gasteiger partial charge in [-0.25, -0.2) is 9.97 Å². The molecule has 14 aromatic rings. The van der Waals surface area contributed by atoms with Crippen LogP contribution in [0.1, 0.15) is 52.7 Å². The van der Waals surface area contributed by atoms with E-state index in [1.807, 2.05) is 0 Å². The molecule has 0 unspecified atom stereocenters. The molecule has 0 aliphatic carbocycles. The van der Waals surface area contributed by atoms with E-state index in [0.29, 0.717) is 5.82 Å². The van der Waals surface area contributed by atoms with Crippen LogP contribution in [-0.2, 0) is 10.8 Å². The zero-order valence-electron chi connectivity index (χ0n) is 48.7. The van der Waals surface area contributed by atoms with E-state index >= 15 is 0 Å². The average molecular weight is 1090 g/mol. The summed E-state index contributed by atoms with van der Waals surface area (Å²) < 4.78 is 0. The van der Waals surface area contributed by atoms with Crippen molar-refractivity contribution in [2.75, 3.05) is 9.80 Å². The maximum absolute atomic E-state index is 5.83. The van der Waals surface area contributed by atoms with Gasteiger partial charge >= 0.3 is 0 Å². The Morgan fingerprint density at radius 1 is 0.306 bits per heavy atom. The monoisotopic (exact) mass is 1090 g/mol. The number of benzene rings is 13. The van der Waals surface area contributed by atoms with Gasteiger partial charge in [-0.05, 0) is 201 Å². The Morgan fingerprint density at radius 3 is 1.15 bits per heavy atom. The van der Waals surface area contributed by atoms with Gasteiger partial charge in [0.1, 0.15) is 0 Å². The van der Waals surface area contributed by atoms with Gasteiger partial charge in [-0.3, -0.25) is 0 Å². The highest BCUT2D eigenvalue weighted by Gasteiger charge is 2.44. The molecule has 85 heavy (non-hydrogen) atoms. The third kappa shape index (κ3) is 8.59. The van der Waals surface area contributed by atoms with Crippen LogP contribution in [0.25, 0.3) is 98.9 Å². The van der Waals surface area contributed by atoms with Gasteiger partial charge in [-0.2, -0.15) is 0 Å². The maximum atomic E-state index is 5.83. The Labute approximate surface area is 497 Å². The fraction of sp³-hybridized carbons (Fsp3) is 0.100. The summed E-state index contributed by atoms with van der Waals surface area (Å²) in [6.45, 7) is 13.6. The SMILES string of the molecule is CC(C)(C)c1ccc(N2c3cc4cc5ccccc5cc4cc3B3c4cc5cc6ccccc6cc5cc4N(c4ccc(C(C)(C)C)cc4)c4cc(-c5nc(-c6cc(-c7ccccc7)cc(-c7ccccc7)c6)nc6ccccc56)cc2c43)cc1. The van der Waals surface area contributed by atoms with E-state index in [9.17, 15) is 0 Å². The summed E-state index contributed by atoms with van der Waals surface area (Å²) in [5, 5.41) is 10.8. The number of rotatable bonds is 6. The van der Waals surface area contributed by atoms with Gasteiger partial charge in [-0.15, -0.1) is 0 Å². The second-order valence-corrected chi connectivity index (χ2v) is 25.5. The molecule has 0 bridgehead atoms. The van der Waals surface area contributed by atoms with Gasteiger partial charge in [0.2, 0.25) is 0 Å². The second-order valence-electron chi connectivity index (χ2n) is 25.5. The molecule has 13 aromatic carbocycles. The molecule has 0 radical (unpaired) electrons. The van der Waals surface area contributed by atoms with E-state index in [0.717, 1.165) is 72.7 Å². The van der Waals surface area contributed by atoms with Crippen molar-refractivity contribution in [1.82, 2.24) is 9.97 Å². The lowest BCUT2D eigenvalue weighted by molar-refractivity contribution is 0.590. The second kappa shape index (κ2) is 19.2. The van der Waals surface area contributed by atoms with E-state index in [4.69, 9.17) is 9.97 Å². The summed E-state index contributed by atoms with van der Waals surface area (Å²) in [5.74, 6) is 0.672. The van der Waals surface area contributed by atoms with Gasteiger partial charge in [0.25, 0.3) is 6.71 Å². The van der Waals surface area contributed by atoms with Crippen LogP contribution >= 0.6 is 0 Å². The van der Waals surface area contributed by atoms with Crippen LogP contribution in [-0.4, -0.2) is 16.7 Å². The first-order valence-electron chi connectivity index (χ1n) is 29.8. The molecule has 16 rings (SSSR count). The van der Waals surface area contributed by atoms with Gasteiger partial charge in [0, 0.05) is 50.6 Å². The fourth-order valence-electron chi connectivity index (χ4n) is 13.6. The highest BCUT2D eigenvalue weighted by atomic mass is 15.2. The third-order valence-electron chi connectivity index (χ3n) is 18.0. The molecule has 0 saturated heterocycles. The zero-order valence-corrected chi connectivity index (χ0v) is 48.7. The summed E-state index contributed by atoms with van der Waals surface area (Å²) in [5.41, 5.74) is 21.3. The van der Waals surface area contributed by atoms with Crippen LogP contribution < -0.4 is 26.2 Å². The first-order valence-corrected chi connectivity index (χ1v) is 29.8. The van der Waals surface area contributed by atoms with Crippen LogP contribution in [0.15, 0.2) is 261 Å². The minimum Gasteiger partial charge on any atom is -0.311 e. The van der Waals surface area contributed by atoms with Crippen molar-refractivity contribution < 1.29 is 0 Å². The van der Waals surface area contributed by atoms with Gasteiger partial charge in [-0.1, -0.05) is 205 Å². The van der Waals surface area contributed by atoms with Crippen molar-refractivity contribution in [1.29, 1.82) is 0 Å². The number of aromatic nitrogens is 2. The molecule has 0 spiro atoms. The summed E-state index contributed by atoms with van der Waals surface area (Å²) in [7, 11) is 0. The Morgan fingerprint density at radius 2 is 0.706 bits per heavy atom. The van der Waals surface area contributed by atoms with E-state index < -0.39 is 0 Å². The fourth-order valence-corrected chi connectivity index (χ4v) is 13.6. The molecule has 2 aliphatic rings. The van der Waals surface area contributed by atoms with Crippen LogP contribution in [0.2, 0.25) is 0 Å². The number of hydrogen-bond acceptors (Lipinski definition) is 4. The van der Waals surface area contributed by atoms with E-state index in [1.165, 1.54) is 82.0 Å². The van der Waals surface area contributed by atoms with Crippen molar-refractivity contribution in [2.24, 2.45) is 0 Å². The van der Waals surface area contributed by atoms with E-state index in [1.54, 1.807) is 0 Å². The lowest BCUT2D eigenvalue weighted by Gasteiger charge is -2.45. The first-order chi connectivity index (χ1) is 41.3. The average Bonchev–Trinajstić information content (AvgIpc) is 0.742. The molecule has 1 aromatic heterocycles. The van der Waals surface area contributed by atoms with Crippen LogP contribution in [0.4, 0.5) is 34.1 Å². The third-order valence-corrected chi connectivity index (χ3v) is 18.0. The first kappa shape index (κ1) is 50.6. The quantitative estimate of drug-likeness (QED) is 0.123. The predicted octanol–water partition coefficient (Wildman–Crippen LogP) is 19.6. The molecule has 5 heteroatoms. The molecule has 2 aliphatic heterocycles. The van der Waals surface area contributed by atoms with Crippen LogP contribution in [0, 0.1) is 0 Å². The molecule has 0 atom stereocenters. The molecular formula is C80H61BN4. The number of para-hydroxylation sites is 1. The van der Waals surface area contributed by atoms with Crippen LogP contribution in [0.3, 0.4) is 0 Å². The minimum absolute atomic E-state index is 0.0329. The van der Waals surface area contributed by atoms with Crippen molar-refractivity contribution in [3.63, 3.8) is 0 Å². The highest BCUT2D eigenvalue weighted by Crippen LogP contribution is 2.49. The molecule has 0 saturated carbocycles. The van der Waals surface area contributed by atoms with Gasteiger partial charge in [0.15, 0.2) is 5.82 Å². The Bertz CT molecular complexity index is 4750. The zero-order chi connectivity index (χ0) is 57.3. The maximum Gasteiger partial charge on any atom is 0.252 e. The Balaban J connectivity index is 1.03. The Hall–Kier alpha value is -10.1. The lowest BCUT2D eigenvalue weighted by atomic mass is 9.33. The predicted molar refractivity (Wildman–Crippen MR) is 363 cm³/mol. The number of fused-ring (bicyclic) bond motifs is 9. The molecule has 0 fully saturated rings. The summed E-state index contributed by atoms with van der Waals surface area (Å²) in [4.78, 5) is 16.4. The molecule has 0 N–H and O–H groups in total. The Kier molecular flexibility index (Phi) is 11.5. The number of nitrogens with zero attached hydrogens (tertiary/aromatic N) is 4. The van der Waals surface area contributed by atoms with Crippen molar-refractivity contribution in [2.45, 2.75) is 52.4 Å². The standard InChI is InChI=1S/C80H61BN4/c1-79(2,3)64-29-33-66(34-30-64)84-72-46-60-39-54-25-15-13-23-52(54)37-58(60)44-69(72)81-70-45-59-38-53-24-14-16-26-55(53)40-61(59)47-73(70)85(67-35-31-65(32-36-67)80(4,5)6)75-49-62(48-74(84)76(75)81)77-68-27-17-18-28-71(68)82-78(83-77)63-42-56(50-19-9-7-10-20-50)41-57(43-63)51-21-11-8-12-22-51/h7-49H,1-6H3. The summed E-state index contributed by atoms with van der Waals surface area (Å²) in [6, 6.07) is 97.4. The lowest BCUT2D eigenvalue weighted by Crippen LogP contribution is -2.61. The number of hydrogen-bond donors (Lipinski definition) is 0. The van der Waals surface area contributed by atoms with Gasteiger partial charge in [0.05, 0.1) is 11.2 Å². The smallest absolute Gasteiger partial charge is 0.252 e. The molecule has 0 amide bonds. The molecule has 4 nitrogen and oxygen atoms in total. The summed E-state index contributed by atoms with van der Waals surface area (Å²) in [6.07, 6.45) is 0. The van der Waals surface area contributed by atoms with E-state index in [-0.39, 0.29) is 17.5 Å². The van der Waals surface area contributed by atoms with Crippen molar-refractivity contribution in [3.8, 4) is 44.9 Å². The number of anilines is 6.